The Kier molecular flexibility index (Phi) is 9.72. The quantitative estimate of drug-likeness (QED) is 0.395. The van der Waals surface area contributed by atoms with Crippen molar-refractivity contribution in [1.82, 2.24) is 10.2 Å². The van der Waals surface area contributed by atoms with Crippen molar-refractivity contribution in [2.75, 3.05) is 53.2 Å². The number of nitrogens with one attached hydrogen (secondary N) is 1. The zero-order chi connectivity index (χ0) is 24.2. The van der Waals surface area contributed by atoms with E-state index in [9.17, 15) is 14.4 Å². The van der Waals surface area contributed by atoms with E-state index in [1.165, 1.54) is 30.9 Å². The van der Waals surface area contributed by atoms with Gasteiger partial charge in [-0.3, -0.25) is 9.59 Å². The molecule has 2 aromatic carbocycles. The first-order valence-electron chi connectivity index (χ1n) is 11.2. The van der Waals surface area contributed by atoms with Crippen molar-refractivity contribution in [3.05, 3.63) is 59.7 Å². The van der Waals surface area contributed by atoms with E-state index in [4.69, 9.17) is 18.9 Å². The first-order valence-corrected chi connectivity index (χ1v) is 11.2. The van der Waals surface area contributed by atoms with Gasteiger partial charge in [-0.1, -0.05) is 30.3 Å². The summed E-state index contributed by atoms with van der Waals surface area (Å²) in [5, 5.41) is 2.74. The van der Waals surface area contributed by atoms with Crippen LogP contribution in [-0.4, -0.2) is 75.9 Å². The van der Waals surface area contributed by atoms with Crippen molar-refractivity contribution in [2.45, 2.75) is 12.8 Å². The number of benzene rings is 2. The third-order valence-corrected chi connectivity index (χ3v) is 5.26. The third-order valence-electron chi connectivity index (χ3n) is 5.26. The molecule has 9 heteroatoms. The number of morpholine rings is 1. The van der Waals surface area contributed by atoms with Crippen molar-refractivity contribution in [2.24, 2.45) is 0 Å². The Bertz CT molecular complexity index is 959. The SMILES string of the molecule is COc1cc(C(=O)OCC(=O)NCCCc2ccccc2)ccc1OCC(=O)N1CCOCC1. The number of carbonyl (C=O) groups excluding carboxylic acids is 3. The van der Waals surface area contributed by atoms with Crippen molar-refractivity contribution >= 4 is 17.8 Å². The van der Waals surface area contributed by atoms with Crippen LogP contribution in [0.3, 0.4) is 0 Å². The molecule has 0 unspecified atom stereocenters. The number of esters is 1. The average Bonchev–Trinajstić information content (AvgIpc) is 2.89. The number of carbonyl (C=O) groups is 3. The number of methoxy groups -OCH3 is 1. The Morgan fingerprint density at radius 2 is 1.76 bits per heavy atom. The molecule has 0 radical (unpaired) electrons. The molecular formula is C25H30N2O7. The standard InChI is InChI=1S/C25H30N2O7/c1-31-22-16-20(9-10-21(22)33-18-24(29)27-12-14-32-15-13-27)25(30)34-17-23(28)26-11-5-8-19-6-3-2-4-7-19/h2-4,6-7,9-10,16H,5,8,11-15,17-18H2,1H3,(H,26,28). The van der Waals surface area contributed by atoms with E-state index in [-0.39, 0.29) is 36.3 Å². The molecule has 1 aliphatic heterocycles. The Balaban J connectivity index is 1.41. The van der Waals surface area contributed by atoms with Crippen molar-refractivity contribution in [3.8, 4) is 11.5 Å². The Hall–Kier alpha value is -3.59. The lowest BCUT2D eigenvalue weighted by Crippen LogP contribution is -2.43. The first-order chi connectivity index (χ1) is 16.6. The number of amides is 2. The molecule has 1 heterocycles. The minimum absolute atomic E-state index is 0.148. The van der Waals surface area contributed by atoms with E-state index in [1.54, 1.807) is 4.90 Å². The van der Waals surface area contributed by atoms with Crippen molar-refractivity contribution in [1.29, 1.82) is 0 Å². The summed E-state index contributed by atoms with van der Waals surface area (Å²) in [4.78, 5) is 38.2. The summed E-state index contributed by atoms with van der Waals surface area (Å²) in [6, 6.07) is 14.5. The minimum atomic E-state index is -0.659. The van der Waals surface area contributed by atoms with Crippen molar-refractivity contribution in [3.63, 3.8) is 0 Å². The zero-order valence-electron chi connectivity index (χ0n) is 19.3. The van der Waals surface area contributed by atoms with Crippen LogP contribution in [0.5, 0.6) is 11.5 Å². The maximum absolute atomic E-state index is 12.3. The second kappa shape index (κ2) is 13.2. The molecule has 1 N–H and O–H groups in total. The largest absolute Gasteiger partial charge is 0.493 e. The minimum Gasteiger partial charge on any atom is -0.493 e. The van der Waals surface area contributed by atoms with E-state index < -0.39 is 5.97 Å². The van der Waals surface area contributed by atoms with Gasteiger partial charge in [0.2, 0.25) is 0 Å². The maximum atomic E-state index is 12.3. The van der Waals surface area contributed by atoms with Crippen LogP contribution in [0.15, 0.2) is 48.5 Å². The van der Waals surface area contributed by atoms with Gasteiger partial charge in [0.1, 0.15) is 0 Å². The molecule has 0 saturated carbocycles. The number of aryl methyl sites for hydroxylation is 1. The number of ether oxygens (including phenoxy) is 4. The second-order valence-electron chi connectivity index (χ2n) is 7.66. The Morgan fingerprint density at radius 1 is 1.00 bits per heavy atom. The van der Waals surface area contributed by atoms with Crippen LogP contribution in [0.1, 0.15) is 22.3 Å². The fourth-order valence-electron chi connectivity index (χ4n) is 3.39. The highest BCUT2D eigenvalue weighted by Gasteiger charge is 2.19. The molecule has 0 atom stereocenters. The van der Waals surface area contributed by atoms with Gasteiger partial charge in [-0.05, 0) is 36.6 Å². The van der Waals surface area contributed by atoms with E-state index in [0.29, 0.717) is 38.6 Å². The van der Waals surface area contributed by atoms with E-state index >= 15 is 0 Å². The zero-order valence-corrected chi connectivity index (χ0v) is 19.3. The molecule has 0 spiro atoms. The maximum Gasteiger partial charge on any atom is 0.338 e. The van der Waals surface area contributed by atoms with E-state index in [0.717, 1.165) is 12.8 Å². The van der Waals surface area contributed by atoms with Crippen LogP contribution in [0.4, 0.5) is 0 Å². The van der Waals surface area contributed by atoms with Crippen molar-refractivity contribution < 1.29 is 33.3 Å². The number of rotatable bonds is 11. The molecule has 3 rings (SSSR count). The molecule has 34 heavy (non-hydrogen) atoms. The topological polar surface area (TPSA) is 103 Å². The van der Waals surface area contributed by atoms with Gasteiger partial charge in [0, 0.05) is 19.6 Å². The molecule has 1 aliphatic rings. The van der Waals surface area contributed by atoms with Gasteiger partial charge in [-0.25, -0.2) is 4.79 Å². The Morgan fingerprint density at radius 3 is 2.50 bits per heavy atom. The van der Waals surface area contributed by atoms with Crippen LogP contribution in [0, 0.1) is 0 Å². The molecule has 2 amide bonds. The fraction of sp³-hybridized carbons (Fsp3) is 0.400. The van der Waals surface area contributed by atoms with Crippen LogP contribution < -0.4 is 14.8 Å². The molecule has 2 aromatic rings. The van der Waals surface area contributed by atoms with E-state index in [1.807, 2.05) is 30.3 Å². The van der Waals surface area contributed by atoms with Gasteiger partial charge in [-0.2, -0.15) is 0 Å². The average molecular weight is 471 g/mol. The van der Waals surface area contributed by atoms with Crippen LogP contribution in [0.2, 0.25) is 0 Å². The monoisotopic (exact) mass is 470 g/mol. The Labute approximate surface area is 198 Å². The molecular weight excluding hydrogens is 440 g/mol. The molecule has 9 nitrogen and oxygen atoms in total. The lowest BCUT2D eigenvalue weighted by atomic mass is 10.1. The summed E-state index contributed by atoms with van der Waals surface area (Å²) in [7, 11) is 1.43. The van der Waals surface area contributed by atoms with E-state index in [2.05, 4.69) is 5.32 Å². The lowest BCUT2D eigenvalue weighted by Gasteiger charge is -2.26. The number of hydrogen-bond donors (Lipinski definition) is 1. The summed E-state index contributed by atoms with van der Waals surface area (Å²) in [6.07, 6.45) is 1.64. The summed E-state index contributed by atoms with van der Waals surface area (Å²) < 4.78 is 21.2. The molecule has 182 valence electrons. The van der Waals surface area contributed by atoms with Gasteiger partial charge in [0.15, 0.2) is 24.7 Å². The van der Waals surface area contributed by atoms with Gasteiger partial charge in [-0.15, -0.1) is 0 Å². The summed E-state index contributed by atoms with van der Waals surface area (Å²) in [5.74, 6) is -0.557. The number of nitrogens with zero attached hydrogens (tertiary/aromatic N) is 1. The number of hydrogen-bond acceptors (Lipinski definition) is 7. The first kappa shape index (κ1) is 25.0. The molecule has 0 bridgehead atoms. The second-order valence-corrected chi connectivity index (χ2v) is 7.66. The summed E-state index contributed by atoms with van der Waals surface area (Å²) in [5.41, 5.74) is 1.41. The predicted octanol–water partition coefficient (Wildman–Crippen LogP) is 1.84. The van der Waals surface area contributed by atoms with Gasteiger partial charge < -0.3 is 29.2 Å². The molecule has 1 saturated heterocycles. The fourth-order valence-corrected chi connectivity index (χ4v) is 3.39. The molecule has 1 fully saturated rings. The molecule has 0 aliphatic carbocycles. The van der Waals surface area contributed by atoms with Crippen LogP contribution in [-0.2, 0) is 25.5 Å². The highest BCUT2D eigenvalue weighted by atomic mass is 16.5. The van der Waals surface area contributed by atoms with Gasteiger partial charge in [0.05, 0.1) is 25.9 Å². The predicted molar refractivity (Wildman–Crippen MR) is 124 cm³/mol. The smallest absolute Gasteiger partial charge is 0.338 e. The van der Waals surface area contributed by atoms with Crippen LogP contribution in [0.25, 0.3) is 0 Å². The highest BCUT2D eigenvalue weighted by Crippen LogP contribution is 2.28. The highest BCUT2D eigenvalue weighted by molar-refractivity contribution is 5.92. The van der Waals surface area contributed by atoms with Gasteiger partial charge >= 0.3 is 5.97 Å². The normalized spacial score (nSPS) is 13.1. The third kappa shape index (κ3) is 7.77. The summed E-state index contributed by atoms with van der Waals surface area (Å²) >= 11 is 0. The molecule has 0 aromatic heterocycles. The lowest BCUT2D eigenvalue weighted by molar-refractivity contribution is -0.137. The van der Waals surface area contributed by atoms with Gasteiger partial charge in [0.25, 0.3) is 11.8 Å². The summed E-state index contributed by atoms with van der Waals surface area (Å²) in [6.45, 7) is 2.06. The van der Waals surface area contributed by atoms with Crippen LogP contribution >= 0.6 is 0 Å².